The second-order valence-electron chi connectivity index (χ2n) is 7.53. The van der Waals surface area contributed by atoms with E-state index in [0.717, 1.165) is 29.7 Å². The molecule has 0 saturated carbocycles. The lowest BCUT2D eigenvalue weighted by molar-refractivity contribution is -0.140. The van der Waals surface area contributed by atoms with Crippen LogP contribution in [-0.2, 0) is 16.1 Å². The highest BCUT2D eigenvalue weighted by molar-refractivity contribution is 5.87. The number of carbonyl (C=O) groups is 2. The third-order valence-electron chi connectivity index (χ3n) is 5.15. The lowest BCUT2D eigenvalue weighted by Gasteiger charge is -2.29. The molecule has 0 heterocycles. The van der Waals surface area contributed by atoms with Crippen molar-refractivity contribution in [2.45, 2.75) is 59.0 Å². The number of rotatable bonds is 12. The van der Waals surface area contributed by atoms with Crippen LogP contribution in [0.25, 0.3) is 0 Å². The first-order valence-electron chi connectivity index (χ1n) is 10.8. The quantitative estimate of drug-likeness (QED) is 0.525. The van der Waals surface area contributed by atoms with Gasteiger partial charge in [-0.25, -0.2) is 0 Å². The summed E-state index contributed by atoms with van der Waals surface area (Å²) in [5.41, 5.74) is 2.17. The van der Waals surface area contributed by atoms with E-state index in [9.17, 15) is 9.59 Å². The monoisotopic (exact) mass is 410 g/mol. The van der Waals surface area contributed by atoms with Crippen molar-refractivity contribution in [2.75, 3.05) is 13.2 Å². The summed E-state index contributed by atoms with van der Waals surface area (Å²) >= 11 is 0. The Balaban J connectivity index is 1.98. The number of para-hydroxylation sites is 1. The number of hydrogen-bond donors (Lipinski definition) is 1. The Morgan fingerprint density at radius 3 is 2.43 bits per heavy atom. The molecule has 2 rings (SSSR count). The average Bonchev–Trinajstić information content (AvgIpc) is 2.76. The van der Waals surface area contributed by atoms with Crippen molar-refractivity contribution in [1.82, 2.24) is 10.2 Å². The first-order chi connectivity index (χ1) is 14.5. The van der Waals surface area contributed by atoms with E-state index in [4.69, 9.17) is 4.74 Å². The predicted octanol–water partition coefficient (Wildman–Crippen LogP) is 4.49. The maximum Gasteiger partial charge on any atom is 0.242 e. The number of nitrogens with one attached hydrogen (secondary N) is 1. The van der Waals surface area contributed by atoms with Crippen LogP contribution in [0.15, 0.2) is 54.6 Å². The van der Waals surface area contributed by atoms with Gasteiger partial charge in [-0.15, -0.1) is 0 Å². The maximum absolute atomic E-state index is 13.0. The van der Waals surface area contributed by atoms with Crippen molar-refractivity contribution in [3.63, 3.8) is 0 Å². The summed E-state index contributed by atoms with van der Waals surface area (Å²) in [6.45, 7) is 7.44. The summed E-state index contributed by atoms with van der Waals surface area (Å²) in [4.78, 5) is 27.3. The summed E-state index contributed by atoms with van der Waals surface area (Å²) in [5, 5.41) is 2.95. The molecule has 2 amide bonds. The van der Waals surface area contributed by atoms with E-state index in [2.05, 4.69) is 12.2 Å². The molecule has 1 atom stereocenters. The molecule has 0 spiro atoms. The Morgan fingerprint density at radius 2 is 1.73 bits per heavy atom. The van der Waals surface area contributed by atoms with Gasteiger partial charge in [-0.3, -0.25) is 9.59 Å². The highest BCUT2D eigenvalue weighted by Gasteiger charge is 2.26. The molecular formula is C25H34N2O3. The third-order valence-corrected chi connectivity index (χ3v) is 5.15. The Labute approximate surface area is 180 Å². The van der Waals surface area contributed by atoms with Gasteiger partial charge in [-0.2, -0.15) is 0 Å². The number of aryl methyl sites for hydroxylation is 1. The molecule has 0 aliphatic heterocycles. The van der Waals surface area contributed by atoms with Crippen LogP contribution in [0.1, 0.15) is 50.7 Å². The smallest absolute Gasteiger partial charge is 0.242 e. The summed E-state index contributed by atoms with van der Waals surface area (Å²) in [7, 11) is 0. The molecule has 1 N–H and O–H groups in total. The normalized spacial score (nSPS) is 11.6. The predicted molar refractivity (Wildman–Crippen MR) is 120 cm³/mol. The molecule has 0 aromatic heterocycles. The van der Waals surface area contributed by atoms with E-state index in [1.54, 1.807) is 11.8 Å². The molecule has 0 radical (unpaired) electrons. The van der Waals surface area contributed by atoms with Crippen LogP contribution in [0.5, 0.6) is 5.75 Å². The Kier molecular flexibility index (Phi) is 9.92. The number of carbonyl (C=O) groups excluding carboxylic acids is 2. The van der Waals surface area contributed by atoms with Gasteiger partial charge < -0.3 is 15.0 Å². The Bertz CT molecular complexity index is 792. The second-order valence-corrected chi connectivity index (χ2v) is 7.53. The van der Waals surface area contributed by atoms with E-state index in [0.29, 0.717) is 32.5 Å². The largest absolute Gasteiger partial charge is 0.494 e. The Morgan fingerprint density at radius 1 is 1.03 bits per heavy atom. The van der Waals surface area contributed by atoms with Crippen LogP contribution in [0.2, 0.25) is 0 Å². The fourth-order valence-corrected chi connectivity index (χ4v) is 3.16. The van der Waals surface area contributed by atoms with Gasteiger partial charge in [0, 0.05) is 19.5 Å². The number of nitrogens with zero attached hydrogens (tertiary/aromatic N) is 1. The van der Waals surface area contributed by atoms with Crippen molar-refractivity contribution < 1.29 is 14.3 Å². The van der Waals surface area contributed by atoms with E-state index < -0.39 is 6.04 Å². The molecule has 2 aromatic rings. The van der Waals surface area contributed by atoms with Crippen molar-refractivity contribution in [3.8, 4) is 5.75 Å². The van der Waals surface area contributed by atoms with Crippen LogP contribution in [0.3, 0.4) is 0 Å². The molecule has 0 fully saturated rings. The van der Waals surface area contributed by atoms with Crippen molar-refractivity contribution in [1.29, 1.82) is 0 Å². The fraction of sp³-hybridized carbons (Fsp3) is 0.440. The van der Waals surface area contributed by atoms with Crippen LogP contribution >= 0.6 is 0 Å². The zero-order chi connectivity index (χ0) is 21.8. The molecule has 0 bridgehead atoms. The number of unbranched alkanes of at least 4 members (excludes halogenated alkanes) is 1. The van der Waals surface area contributed by atoms with Crippen molar-refractivity contribution >= 4 is 11.8 Å². The number of amides is 2. The van der Waals surface area contributed by atoms with Crippen LogP contribution in [0, 0.1) is 6.92 Å². The third kappa shape index (κ3) is 7.54. The molecule has 0 aliphatic rings. The molecule has 30 heavy (non-hydrogen) atoms. The lowest BCUT2D eigenvalue weighted by atomic mass is 10.1. The molecular weight excluding hydrogens is 376 g/mol. The van der Waals surface area contributed by atoms with Gasteiger partial charge in [-0.1, -0.05) is 55.8 Å². The summed E-state index contributed by atoms with van der Waals surface area (Å²) in [6.07, 6.45) is 2.89. The molecule has 0 saturated heterocycles. The van der Waals surface area contributed by atoms with Crippen molar-refractivity contribution in [3.05, 3.63) is 65.7 Å². The molecule has 0 aliphatic carbocycles. The minimum absolute atomic E-state index is 0.0342. The van der Waals surface area contributed by atoms with E-state index in [1.807, 2.05) is 61.5 Å². The second kappa shape index (κ2) is 12.7. The first-order valence-corrected chi connectivity index (χ1v) is 10.8. The van der Waals surface area contributed by atoms with E-state index >= 15 is 0 Å². The van der Waals surface area contributed by atoms with Gasteiger partial charge >= 0.3 is 0 Å². The van der Waals surface area contributed by atoms with Crippen molar-refractivity contribution in [2.24, 2.45) is 0 Å². The van der Waals surface area contributed by atoms with Crippen LogP contribution in [-0.4, -0.2) is 35.9 Å². The van der Waals surface area contributed by atoms with Gasteiger partial charge in [0.25, 0.3) is 0 Å². The zero-order valence-electron chi connectivity index (χ0n) is 18.4. The molecule has 2 aromatic carbocycles. The molecule has 5 heteroatoms. The molecule has 0 unspecified atom stereocenters. The minimum atomic E-state index is -0.524. The zero-order valence-corrected chi connectivity index (χ0v) is 18.4. The fourth-order valence-electron chi connectivity index (χ4n) is 3.16. The van der Waals surface area contributed by atoms with E-state index in [1.165, 1.54) is 0 Å². The number of ether oxygens (including phenoxy) is 1. The summed E-state index contributed by atoms with van der Waals surface area (Å²) in [5.74, 6) is 0.657. The number of benzene rings is 2. The standard InChI is InChI=1S/C25H34N2O3/c1-4-5-17-26-25(29)21(3)27(19-22-13-10-9-12-20(22)2)24(28)16-11-18-30-23-14-7-6-8-15-23/h6-10,12-15,21H,4-5,11,16-19H2,1-3H3,(H,26,29)/t21-/m0/s1. The van der Waals surface area contributed by atoms with Crippen LogP contribution < -0.4 is 10.1 Å². The minimum Gasteiger partial charge on any atom is -0.494 e. The highest BCUT2D eigenvalue weighted by atomic mass is 16.5. The molecule has 5 nitrogen and oxygen atoms in total. The highest BCUT2D eigenvalue weighted by Crippen LogP contribution is 2.15. The van der Waals surface area contributed by atoms with Gasteiger partial charge in [0.15, 0.2) is 0 Å². The summed E-state index contributed by atoms with van der Waals surface area (Å²) in [6, 6.07) is 17.0. The Hall–Kier alpha value is -2.82. The lowest BCUT2D eigenvalue weighted by Crippen LogP contribution is -2.47. The van der Waals surface area contributed by atoms with Gasteiger partial charge in [0.2, 0.25) is 11.8 Å². The van der Waals surface area contributed by atoms with Gasteiger partial charge in [0.05, 0.1) is 6.61 Å². The van der Waals surface area contributed by atoms with Crippen LogP contribution in [0.4, 0.5) is 0 Å². The average molecular weight is 411 g/mol. The summed E-state index contributed by atoms with van der Waals surface area (Å²) < 4.78 is 5.70. The van der Waals surface area contributed by atoms with Gasteiger partial charge in [-0.05, 0) is 49.9 Å². The van der Waals surface area contributed by atoms with Gasteiger partial charge in [0.1, 0.15) is 11.8 Å². The van der Waals surface area contributed by atoms with E-state index in [-0.39, 0.29) is 11.8 Å². The first kappa shape index (κ1) is 23.5. The SMILES string of the molecule is CCCCNC(=O)[C@H](C)N(Cc1ccccc1C)C(=O)CCCOc1ccccc1. The maximum atomic E-state index is 13.0. The topological polar surface area (TPSA) is 58.6 Å². The molecule has 162 valence electrons. The number of hydrogen-bond acceptors (Lipinski definition) is 3.